The number of methoxy groups -OCH3 is 1. The smallest absolute Gasteiger partial charge is 0.344 e. The molecule has 0 aliphatic heterocycles. The summed E-state index contributed by atoms with van der Waals surface area (Å²) in [6.07, 6.45) is 1.29. The molecule has 3 aromatic rings. The summed E-state index contributed by atoms with van der Waals surface area (Å²) in [6.45, 7) is 7.14. The first-order chi connectivity index (χ1) is 16.5. The minimum Gasteiger partial charge on any atom is -0.493 e. The van der Waals surface area contributed by atoms with Crippen LogP contribution in [0.3, 0.4) is 0 Å². The van der Waals surface area contributed by atoms with Gasteiger partial charge in [-0.05, 0) is 70.0 Å². The zero-order valence-corrected chi connectivity index (χ0v) is 24.5. The summed E-state index contributed by atoms with van der Waals surface area (Å²) < 4.78 is 19.4. The first kappa shape index (κ1) is 27.3. The number of carbonyl (C=O) groups excluding carboxylic acids is 1. The second-order valence-electron chi connectivity index (χ2n) is 8.10. The van der Waals surface area contributed by atoms with Crippen molar-refractivity contribution in [1.82, 2.24) is 9.66 Å². The minimum atomic E-state index is -0.494. The second-order valence-corrected chi connectivity index (χ2v) is 10.6. The van der Waals surface area contributed by atoms with Crippen molar-refractivity contribution in [2.45, 2.75) is 39.7 Å². The number of nitrogens with zero attached hydrogens (tertiary/aromatic N) is 3. The molecule has 0 spiro atoms. The highest BCUT2D eigenvalue weighted by Gasteiger charge is 2.19. The lowest BCUT2D eigenvalue weighted by atomic mass is 10.2. The Kier molecular flexibility index (Phi) is 9.11. The Hall–Kier alpha value is -2.24. The standard InChI is InChI=1S/C24H24Br3N3O5/c1-12(2)23-29-17-7-6-15(25)9-16(17)24(32)30(23)28-10-14-8-18(33-5)22(21(27)20(14)26)34-11-19(31)35-13(3)4/h6-10,12-13H,11H2,1-5H3. The molecule has 3 rings (SSSR count). The molecule has 0 saturated heterocycles. The normalized spacial score (nSPS) is 11.6. The summed E-state index contributed by atoms with van der Waals surface area (Å²) in [6, 6.07) is 7.06. The molecular formula is C24H24Br3N3O5. The molecule has 0 saturated carbocycles. The number of esters is 1. The van der Waals surface area contributed by atoms with Crippen molar-refractivity contribution in [3.05, 3.63) is 59.4 Å². The average Bonchev–Trinajstić information content (AvgIpc) is 2.79. The van der Waals surface area contributed by atoms with Gasteiger partial charge in [-0.3, -0.25) is 4.79 Å². The van der Waals surface area contributed by atoms with E-state index in [0.29, 0.717) is 42.7 Å². The highest BCUT2D eigenvalue weighted by Crippen LogP contribution is 2.42. The van der Waals surface area contributed by atoms with Crippen LogP contribution >= 0.6 is 47.8 Å². The van der Waals surface area contributed by atoms with Crippen LogP contribution < -0.4 is 15.0 Å². The number of aromatic nitrogens is 2. The highest BCUT2D eigenvalue weighted by atomic mass is 79.9. The molecule has 2 aromatic carbocycles. The largest absolute Gasteiger partial charge is 0.493 e. The topological polar surface area (TPSA) is 92.0 Å². The van der Waals surface area contributed by atoms with Crippen molar-refractivity contribution in [2.75, 3.05) is 13.7 Å². The summed E-state index contributed by atoms with van der Waals surface area (Å²) >= 11 is 10.4. The average molecular weight is 674 g/mol. The maximum atomic E-state index is 13.3. The van der Waals surface area contributed by atoms with E-state index in [9.17, 15) is 9.59 Å². The summed E-state index contributed by atoms with van der Waals surface area (Å²) in [5.41, 5.74) is 0.945. The van der Waals surface area contributed by atoms with Gasteiger partial charge in [-0.1, -0.05) is 29.8 Å². The Bertz CT molecular complexity index is 1350. The molecule has 0 atom stereocenters. The molecule has 0 N–H and O–H groups in total. The van der Waals surface area contributed by atoms with E-state index in [1.54, 1.807) is 32.0 Å². The van der Waals surface area contributed by atoms with Gasteiger partial charge in [-0.15, -0.1) is 0 Å². The molecule has 0 bridgehead atoms. The van der Waals surface area contributed by atoms with Gasteiger partial charge in [0.05, 0.1) is 34.8 Å². The fraction of sp³-hybridized carbons (Fsp3) is 0.333. The van der Waals surface area contributed by atoms with E-state index in [4.69, 9.17) is 14.2 Å². The van der Waals surface area contributed by atoms with E-state index < -0.39 is 5.97 Å². The lowest BCUT2D eigenvalue weighted by Crippen LogP contribution is -2.23. The third kappa shape index (κ3) is 6.31. The highest BCUT2D eigenvalue weighted by molar-refractivity contribution is 9.13. The Morgan fingerprint density at radius 3 is 2.49 bits per heavy atom. The number of halogens is 3. The van der Waals surface area contributed by atoms with Crippen molar-refractivity contribution in [3.8, 4) is 11.5 Å². The predicted molar refractivity (Wildman–Crippen MR) is 146 cm³/mol. The zero-order valence-electron chi connectivity index (χ0n) is 19.8. The van der Waals surface area contributed by atoms with Gasteiger partial charge in [0.15, 0.2) is 18.1 Å². The number of benzene rings is 2. The van der Waals surface area contributed by atoms with Gasteiger partial charge in [0.1, 0.15) is 5.82 Å². The van der Waals surface area contributed by atoms with Gasteiger partial charge in [0.2, 0.25) is 0 Å². The summed E-state index contributed by atoms with van der Waals surface area (Å²) in [5.74, 6) is 0.697. The number of rotatable bonds is 8. The minimum absolute atomic E-state index is 0.0426. The summed E-state index contributed by atoms with van der Waals surface area (Å²) in [4.78, 5) is 29.8. The zero-order chi connectivity index (χ0) is 25.9. The number of hydrogen-bond acceptors (Lipinski definition) is 7. The Morgan fingerprint density at radius 1 is 1.14 bits per heavy atom. The fourth-order valence-electron chi connectivity index (χ4n) is 3.18. The van der Waals surface area contributed by atoms with Crippen LogP contribution in [0.2, 0.25) is 0 Å². The Labute approximate surface area is 228 Å². The van der Waals surface area contributed by atoms with Crippen molar-refractivity contribution in [3.63, 3.8) is 0 Å². The maximum Gasteiger partial charge on any atom is 0.344 e. The number of hydrogen-bond donors (Lipinski definition) is 0. The molecule has 0 aliphatic rings. The molecule has 0 fully saturated rings. The van der Waals surface area contributed by atoms with Gasteiger partial charge in [-0.2, -0.15) is 9.78 Å². The maximum absolute atomic E-state index is 13.3. The van der Waals surface area contributed by atoms with Crippen molar-refractivity contribution in [2.24, 2.45) is 5.10 Å². The lowest BCUT2D eigenvalue weighted by Gasteiger charge is -2.16. The van der Waals surface area contributed by atoms with E-state index in [1.807, 2.05) is 19.9 Å². The monoisotopic (exact) mass is 671 g/mol. The molecule has 8 nitrogen and oxygen atoms in total. The van der Waals surface area contributed by atoms with Gasteiger partial charge in [-0.25, -0.2) is 9.78 Å². The first-order valence-corrected chi connectivity index (χ1v) is 13.1. The van der Waals surface area contributed by atoms with E-state index in [2.05, 4.69) is 57.9 Å². The number of ether oxygens (including phenoxy) is 3. The number of carbonyl (C=O) groups is 1. The molecule has 11 heteroatoms. The van der Waals surface area contributed by atoms with Gasteiger partial charge < -0.3 is 14.2 Å². The van der Waals surface area contributed by atoms with E-state index in [1.165, 1.54) is 18.0 Å². The van der Waals surface area contributed by atoms with Crippen molar-refractivity contribution >= 4 is 70.9 Å². The van der Waals surface area contributed by atoms with Gasteiger partial charge in [0.25, 0.3) is 5.56 Å². The molecular weight excluding hydrogens is 650 g/mol. The quantitative estimate of drug-likeness (QED) is 0.214. The molecule has 1 aromatic heterocycles. The molecule has 0 amide bonds. The summed E-state index contributed by atoms with van der Waals surface area (Å²) in [7, 11) is 1.49. The van der Waals surface area contributed by atoms with Crippen LogP contribution in [0, 0.1) is 0 Å². The Balaban J connectivity index is 2.03. The molecule has 186 valence electrons. The lowest BCUT2D eigenvalue weighted by molar-refractivity contribution is -0.149. The summed E-state index contributed by atoms with van der Waals surface area (Å²) in [5, 5.41) is 4.93. The number of fused-ring (bicyclic) bond motifs is 1. The third-order valence-corrected chi connectivity index (χ3v) is 7.38. The van der Waals surface area contributed by atoms with Crippen LogP contribution in [-0.4, -0.2) is 41.7 Å². The van der Waals surface area contributed by atoms with Crippen LogP contribution in [-0.2, 0) is 9.53 Å². The van der Waals surface area contributed by atoms with Crippen molar-refractivity contribution < 1.29 is 19.0 Å². The molecule has 0 unspecified atom stereocenters. The second kappa shape index (κ2) is 11.7. The van der Waals surface area contributed by atoms with Crippen molar-refractivity contribution in [1.29, 1.82) is 0 Å². The molecule has 0 radical (unpaired) electrons. The fourth-order valence-corrected chi connectivity index (χ4v) is 4.48. The SMILES string of the molecule is COc1cc(C=Nn2c(C(C)C)nc3ccc(Br)cc3c2=O)c(Br)c(Br)c1OCC(=O)OC(C)C. The molecule has 35 heavy (non-hydrogen) atoms. The Morgan fingerprint density at radius 2 is 1.86 bits per heavy atom. The van der Waals surface area contributed by atoms with Crippen LogP contribution in [0.4, 0.5) is 0 Å². The van der Waals surface area contributed by atoms with E-state index in [0.717, 1.165) is 4.47 Å². The van der Waals surface area contributed by atoms with Gasteiger partial charge >= 0.3 is 5.97 Å². The van der Waals surface area contributed by atoms with Crippen LogP contribution in [0.25, 0.3) is 10.9 Å². The van der Waals surface area contributed by atoms with Crippen LogP contribution in [0.15, 0.2) is 47.6 Å². The first-order valence-electron chi connectivity index (χ1n) is 10.7. The van der Waals surface area contributed by atoms with Gasteiger partial charge in [0, 0.05) is 20.4 Å². The van der Waals surface area contributed by atoms with Crippen LogP contribution in [0.5, 0.6) is 11.5 Å². The molecule has 1 heterocycles. The predicted octanol–water partition coefficient (Wildman–Crippen LogP) is 6.03. The molecule has 0 aliphatic carbocycles. The van der Waals surface area contributed by atoms with E-state index in [-0.39, 0.29) is 24.2 Å². The third-order valence-electron chi connectivity index (χ3n) is 4.74. The van der Waals surface area contributed by atoms with E-state index >= 15 is 0 Å². The van der Waals surface area contributed by atoms with Crippen LogP contribution in [0.1, 0.15) is 45.0 Å².